The number of fused-ring (bicyclic) bond motifs is 1. The fourth-order valence-corrected chi connectivity index (χ4v) is 3.70. The van der Waals surface area contributed by atoms with E-state index in [1.807, 2.05) is 44.2 Å². The molecule has 0 unspecified atom stereocenters. The number of ether oxygens (including phenoxy) is 2. The van der Waals surface area contributed by atoms with Crippen LogP contribution in [0.5, 0.6) is 11.5 Å². The van der Waals surface area contributed by atoms with Gasteiger partial charge >= 0.3 is 0 Å². The number of allylic oxidation sites excluding steroid dienone is 1. The van der Waals surface area contributed by atoms with Crippen molar-refractivity contribution in [3.05, 3.63) is 98.2 Å². The molecule has 0 bridgehead atoms. The van der Waals surface area contributed by atoms with Crippen molar-refractivity contribution in [2.24, 2.45) is 0 Å². The van der Waals surface area contributed by atoms with E-state index in [4.69, 9.17) is 32.7 Å². The predicted molar refractivity (Wildman–Crippen MR) is 116 cm³/mol. The van der Waals surface area contributed by atoms with E-state index in [0.29, 0.717) is 39.3 Å². The highest BCUT2D eigenvalue weighted by atomic mass is 35.5. The van der Waals surface area contributed by atoms with Crippen LogP contribution in [0.25, 0.3) is 6.08 Å². The monoisotopic (exact) mass is 424 g/mol. The predicted octanol–water partition coefficient (Wildman–Crippen LogP) is 6.81. The lowest BCUT2D eigenvalue weighted by molar-refractivity contribution is 0.101. The van der Waals surface area contributed by atoms with Gasteiger partial charge in [0.2, 0.25) is 5.78 Å². The second-order valence-corrected chi connectivity index (χ2v) is 7.78. The number of Topliss-reactive ketones (excluding diaryl/α,β-unsaturated/α-hetero) is 1. The first kappa shape index (κ1) is 19.6. The Kier molecular flexibility index (Phi) is 5.35. The minimum atomic E-state index is -0.196. The summed E-state index contributed by atoms with van der Waals surface area (Å²) < 4.78 is 11.7. The lowest BCUT2D eigenvalue weighted by atomic mass is 10.0. The van der Waals surface area contributed by atoms with Crippen LogP contribution in [0.3, 0.4) is 0 Å². The van der Waals surface area contributed by atoms with Crippen molar-refractivity contribution in [3.8, 4) is 11.5 Å². The van der Waals surface area contributed by atoms with Gasteiger partial charge in [-0.25, -0.2) is 0 Å². The first-order valence-corrected chi connectivity index (χ1v) is 9.89. The van der Waals surface area contributed by atoms with E-state index in [-0.39, 0.29) is 11.5 Å². The van der Waals surface area contributed by atoms with Gasteiger partial charge in [-0.05, 0) is 49.2 Å². The summed E-state index contributed by atoms with van der Waals surface area (Å²) in [6.07, 6.45) is 1.58. The Hall–Kier alpha value is -2.75. The number of hydrogen-bond donors (Lipinski definition) is 0. The first-order valence-electron chi connectivity index (χ1n) is 9.13. The van der Waals surface area contributed by atoms with Gasteiger partial charge in [0.15, 0.2) is 5.76 Å². The van der Waals surface area contributed by atoms with Crippen LogP contribution < -0.4 is 9.47 Å². The highest BCUT2D eigenvalue weighted by Crippen LogP contribution is 2.38. The zero-order valence-corrected chi connectivity index (χ0v) is 17.5. The summed E-state index contributed by atoms with van der Waals surface area (Å²) >= 11 is 12.4. The van der Waals surface area contributed by atoms with Gasteiger partial charge in [0.25, 0.3) is 0 Å². The molecule has 1 heterocycles. The quantitative estimate of drug-likeness (QED) is 0.431. The maximum Gasteiger partial charge on any atom is 0.232 e. The van der Waals surface area contributed by atoms with Crippen molar-refractivity contribution < 1.29 is 14.3 Å². The van der Waals surface area contributed by atoms with Gasteiger partial charge < -0.3 is 9.47 Å². The molecule has 1 aliphatic rings. The molecule has 0 aliphatic carbocycles. The summed E-state index contributed by atoms with van der Waals surface area (Å²) in [5.41, 5.74) is 4.15. The molecule has 0 saturated heterocycles. The van der Waals surface area contributed by atoms with E-state index in [0.717, 1.165) is 11.1 Å². The average molecular weight is 425 g/mol. The smallest absolute Gasteiger partial charge is 0.232 e. The second kappa shape index (κ2) is 7.94. The largest absolute Gasteiger partial charge is 0.489 e. The number of carbonyl (C=O) groups excluding carboxylic acids is 1. The molecule has 4 rings (SSSR count). The Labute approximate surface area is 179 Å². The molecular weight excluding hydrogens is 407 g/mol. The van der Waals surface area contributed by atoms with Gasteiger partial charge in [0.05, 0.1) is 5.56 Å². The van der Waals surface area contributed by atoms with Crippen LogP contribution in [-0.4, -0.2) is 5.78 Å². The number of hydrogen-bond acceptors (Lipinski definition) is 3. The van der Waals surface area contributed by atoms with Crippen LogP contribution in [0.1, 0.15) is 32.6 Å². The highest BCUT2D eigenvalue weighted by molar-refractivity contribution is 6.37. The topological polar surface area (TPSA) is 35.5 Å². The summed E-state index contributed by atoms with van der Waals surface area (Å²) in [7, 11) is 0. The number of benzene rings is 3. The molecule has 0 fully saturated rings. The molecule has 0 aromatic heterocycles. The minimum Gasteiger partial charge on any atom is -0.489 e. The number of aryl methyl sites for hydroxylation is 2. The maximum absolute atomic E-state index is 12.8. The molecule has 3 nitrogen and oxygen atoms in total. The van der Waals surface area contributed by atoms with E-state index >= 15 is 0 Å². The summed E-state index contributed by atoms with van der Waals surface area (Å²) in [4.78, 5) is 12.8. The lowest BCUT2D eigenvalue weighted by Gasteiger charge is -2.09. The number of rotatable bonds is 4. The summed E-state index contributed by atoms with van der Waals surface area (Å²) in [5, 5.41) is 0.910. The van der Waals surface area contributed by atoms with Gasteiger partial charge in [-0.3, -0.25) is 4.79 Å². The van der Waals surface area contributed by atoms with Crippen molar-refractivity contribution in [3.63, 3.8) is 0 Å². The molecule has 146 valence electrons. The Morgan fingerprint density at radius 1 is 1.00 bits per heavy atom. The molecule has 1 aliphatic heterocycles. The lowest BCUT2D eigenvalue weighted by Crippen LogP contribution is -2.00. The van der Waals surface area contributed by atoms with Gasteiger partial charge in [-0.1, -0.05) is 59.1 Å². The fraction of sp³-hybridized carbons (Fsp3) is 0.125. The van der Waals surface area contributed by atoms with Crippen molar-refractivity contribution in [1.82, 2.24) is 0 Å². The van der Waals surface area contributed by atoms with E-state index in [1.165, 1.54) is 5.56 Å². The van der Waals surface area contributed by atoms with Crippen LogP contribution in [0, 0.1) is 13.8 Å². The number of carbonyl (C=O) groups is 1. The zero-order valence-electron chi connectivity index (χ0n) is 16.0. The SMILES string of the molecule is Cc1ccc(COc2cc(C)c3c(c2)O/C(=C\c2c(Cl)cccc2Cl)C3=O)cc1. The van der Waals surface area contributed by atoms with Gasteiger partial charge in [0, 0.05) is 21.7 Å². The van der Waals surface area contributed by atoms with Crippen LogP contribution >= 0.6 is 23.2 Å². The van der Waals surface area contributed by atoms with Gasteiger partial charge in [-0.2, -0.15) is 0 Å². The fourth-order valence-electron chi connectivity index (χ4n) is 3.19. The Morgan fingerprint density at radius 2 is 1.69 bits per heavy atom. The molecule has 0 N–H and O–H groups in total. The van der Waals surface area contributed by atoms with Crippen molar-refractivity contribution >= 4 is 35.1 Å². The molecule has 3 aromatic carbocycles. The molecular formula is C24H18Cl2O3. The Bertz CT molecular complexity index is 1110. The van der Waals surface area contributed by atoms with E-state index < -0.39 is 0 Å². The summed E-state index contributed by atoms with van der Waals surface area (Å²) in [6.45, 7) is 4.35. The molecule has 5 heteroatoms. The molecule has 29 heavy (non-hydrogen) atoms. The third-order valence-electron chi connectivity index (χ3n) is 4.74. The number of halogens is 2. The molecule has 0 amide bonds. The molecule has 0 radical (unpaired) electrons. The van der Waals surface area contributed by atoms with Crippen molar-refractivity contribution in [2.45, 2.75) is 20.5 Å². The Balaban J connectivity index is 1.59. The molecule has 3 aromatic rings. The van der Waals surface area contributed by atoms with E-state index in [2.05, 4.69) is 0 Å². The van der Waals surface area contributed by atoms with E-state index in [9.17, 15) is 4.79 Å². The minimum absolute atomic E-state index is 0.189. The first-order chi connectivity index (χ1) is 13.9. The zero-order chi connectivity index (χ0) is 20.5. The van der Waals surface area contributed by atoms with Crippen molar-refractivity contribution in [2.75, 3.05) is 0 Å². The van der Waals surface area contributed by atoms with E-state index in [1.54, 1.807) is 30.3 Å². The number of ketones is 1. The Morgan fingerprint density at radius 3 is 2.38 bits per heavy atom. The average Bonchev–Trinajstić information content (AvgIpc) is 3.00. The van der Waals surface area contributed by atoms with Gasteiger partial charge in [0.1, 0.15) is 18.1 Å². The molecule has 0 spiro atoms. The summed E-state index contributed by atoms with van der Waals surface area (Å²) in [6, 6.07) is 16.9. The normalized spacial score (nSPS) is 14.1. The van der Waals surface area contributed by atoms with Crippen LogP contribution in [0.15, 0.2) is 60.4 Å². The maximum atomic E-state index is 12.8. The van der Waals surface area contributed by atoms with Crippen LogP contribution in [-0.2, 0) is 6.61 Å². The highest BCUT2D eigenvalue weighted by Gasteiger charge is 2.30. The van der Waals surface area contributed by atoms with Crippen LogP contribution in [0.4, 0.5) is 0 Å². The van der Waals surface area contributed by atoms with Gasteiger partial charge in [-0.15, -0.1) is 0 Å². The van der Waals surface area contributed by atoms with Crippen LogP contribution in [0.2, 0.25) is 10.0 Å². The third kappa shape index (κ3) is 4.02. The standard InChI is InChI=1S/C24H18Cl2O3/c1-14-6-8-16(9-7-14)13-28-17-10-15(2)23-21(11-17)29-22(24(23)27)12-18-19(25)4-3-5-20(18)26/h3-12H,13H2,1-2H3/b22-12-. The molecule has 0 atom stereocenters. The van der Waals surface area contributed by atoms with Crippen molar-refractivity contribution in [1.29, 1.82) is 0 Å². The third-order valence-corrected chi connectivity index (χ3v) is 5.40. The molecule has 0 saturated carbocycles. The second-order valence-electron chi connectivity index (χ2n) is 6.96. The summed E-state index contributed by atoms with van der Waals surface area (Å²) in [5.74, 6) is 1.11.